The van der Waals surface area contributed by atoms with Crippen molar-refractivity contribution in [2.24, 2.45) is 75.8 Å². The highest BCUT2D eigenvalue weighted by Gasteiger charge is 2.33. The van der Waals surface area contributed by atoms with Crippen LogP contribution >= 0.6 is 34.8 Å². The fraction of sp³-hybridized carbons (Fsp3) is 0.588. The van der Waals surface area contributed by atoms with Gasteiger partial charge in [0.05, 0.1) is 72.4 Å². The molecule has 0 saturated carbocycles. The van der Waals surface area contributed by atoms with Gasteiger partial charge in [-0.2, -0.15) is 0 Å². The lowest BCUT2D eigenvalue weighted by Crippen LogP contribution is -2.22. The van der Waals surface area contributed by atoms with E-state index in [0.29, 0.717) is 106 Å². The highest BCUT2D eigenvalue weighted by molar-refractivity contribution is 6.33. The van der Waals surface area contributed by atoms with Gasteiger partial charge in [0.25, 0.3) is 0 Å². The van der Waals surface area contributed by atoms with Gasteiger partial charge in [0, 0.05) is 65.7 Å². The van der Waals surface area contributed by atoms with E-state index in [1.165, 1.54) is 24.3 Å². The summed E-state index contributed by atoms with van der Waals surface area (Å²) in [5, 5.41) is 1.53. The standard InChI is InChI=1S/3C17H25ClO2.2C17H25FO2.2C17H26O2/c1-16(2,3)9-10-20-14-8-7-12(11-13(14)18)15(19)17(4,5)6;1-16(2,3)9-10-20-14-11-12(7-8-13(14)18)15(19)17(4,5)6;1-16(2,3)10-11-20-14-12(8-7-9-13(14)18)15(19)17(4,5)6;1-16(2,3)9-10-20-14-11-12(7-8-13(14)18)15(19)17(4,5)6;1-16(2,3)10-11-20-14-12(8-7-9-13(14)18)15(19)17(4,5)6;1-16(2,3)11-12-19-14-9-7-13(8-10-14)15(18)17(4,5)6;1-16(2,3)10-11-19-14-9-7-8-13(12-14)15(18)17(4,5)6/h2*7-8,11H,9-10H2,1-6H3;7-9H,10-11H2,1-6H3;7-8,11H,9-10H2,1-6H3;7-9H,10-11H2,1-6H3;7-10H,11-12H2,1-6H3;7-9,12H,10-11H2,1-6H3. The number of Topliss-reactive ketones (excluding diaryl/α,β-unsaturated/α-hetero) is 7. The van der Waals surface area contributed by atoms with E-state index >= 15 is 0 Å². The third-order valence-electron chi connectivity index (χ3n) is 20.8. The molecule has 0 aliphatic rings. The van der Waals surface area contributed by atoms with E-state index < -0.39 is 38.7 Å². The van der Waals surface area contributed by atoms with Crippen molar-refractivity contribution in [3.63, 3.8) is 0 Å². The molecule has 7 rings (SSSR count). The van der Waals surface area contributed by atoms with Gasteiger partial charge < -0.3 is 33.2 Å². The highest BCUT2D eigenvalue weighted by atomic mass is 35.5. The van der Waals surface area contributed by atoms with Crippen LogP contribution in [0.4, 0.5) is 8.78 Å². The lowest BCUT2D eigenvalue weighted by Gasteiger charge is -2.22. The molecule has 772 valence electrons. The van der Waals surface area contributed by atoms with E-state index in [0.717, 1.165) is 67.6 Å². The summed E-state index contributed by atoms with van der Waals surface area (Å²) in [6, 6.07) is 39.6. The van der Waals surface area contributed by atoms with Gasteiger partial charge in [0.1, 0.15) is 28.7 Å². The normalized spacial score (nSPS) is 12.3. The Morgan fingerprint density at radius 1 is 0.217 bits per heavy atom. The van der Waals surface area contributed by atoms with Gasteiger partial charge in [-0.3, -0.25) is 33.6 Å². The number of hydrogen-bond acceptors (Lipinski definition) is 14. The number of para-hydroxylation sites is 2. The minimum absolute atomic E-state index is 0.0156. The minimum atomic E-state index is -0.560. The first kappa shape index (κ1) is 128. The molecule has 0 fully saturated rings. The van der Waals surface area contributed by atoms with Crippen molar-refractivity contribution in [1.29, 1.82) is 0 Å². The quantitative estimate of drug-likeness (QED) is 0.0422. The molecule has 0 aliphatic carbocycles. The molecule has 0 aliphatic heterocycles. The molecular formula is C119H177Cl3F2O14. The summed E-state index contributed by atoms with van der Waals surface area (Å²) < 4.78 is 67.4. The third-order valence-corrected chi connectivity index (χ3v) is 21.7. The summed E-state index contributed by atoms with van der Waals surface area (Å²) >= 11 is 18.5. The monoisotopic (exact) mass is 1970 g/mol. The molecule has 7 aromatic rings. The van der Waals surface area contributed by atoms with Crippen molar-refractivity contribution in [2.75, 3.05) is 46.2 Å². The molecule has 0 saturated heterocycles. The lowest BCUT2D eigenvalue weighted by molar-refractivity contribution is 0.0846. The van der Waals surface area contributed by atoms with Gasteiger partial charge in [-0.15, -0.1) is 0 Å². The molecule has 0 heterocycles. The molecule has 14 nitrogen and oxygen atoms in total. The van der Waals surface area contributed by atoms with Crippen LogP contribution in [-0.2, 0) is 0 Å². The average Bonchev–Trinajstić information content (AvgIpc) is 0.807. The Labute approximate surface area is 848 Å². The number of halogens is 5. The maximum Gasteiger partial charge on any atom is 0.172 e. The zero-order valence-electron chi connectivity index (χ0n) is 92.8. The SMILES string of the molecule is CC(C)(C)CCOc1c(Cl)cccc1C(=O)C(C)(C)C.CC(C)(C)CCOc1c(F)cccc1C(=O)C(C)(C)C.CC(C)(C)CCOc1cc(C(=O)C(C)(C)C)ccc1Cl.CC(C)(C)CCOc1cc(C(=O)C(C)(C)C)ccc1F.CC(C)(C)CCOc1ccc(C(=O)C(C)(C)C)cc1.CC(C)(C)CCOc1ccc(C(=O)C(C)(C)C)cc1Cl.CC(C)(C)CCOc1cccc(C(=O)C(C)(C)C)c1. The first-order valence-corrected chi connectivity index (χ1v) is 49.8. The summed E-state index contributed by atoms with van der Waals surface area (Å²) in [6.07, 6.45) is 6.41. The number of rotatable bonds is 28. The molecule has 0 atom stereocenters. The molecule has 0 unspecified atom stereocenters. The van der Waals surface area contributed by atoms with Gasteiger partial charge in [0.2, 0.25) is 0 Å². The van der Waals surface area contributed by atoms with Crippen molar-refractivity contribution >= 4 is 75.3 Å². The Kier molecular flexibility index (Phi) is 49.5. The van der Waals surface area contributed by atoms with Crippen LogP contribution in [0, 0.1) is 87.4 Å². The summed E-state index contributed by atoms with van der Waals surface area (Å²) in [7, 11) is 0. The van der Waals surface area contributed by atoms with Gasteiger partial charge >= 0.3 is 0 Å². The van der Waals surface area contributed by atoms with Crippen molar-refractivity contribution < 1.29 is 75.5 Å². The topological polar surface area (TPSA) is 184 Å². The molecule has 19 heteroatoms. The van der Waals surface area contributed by atoms with Crippen LogP contribution in [0.15, 0.2) is 140 Å². The Morgan fingerprint density at radius 3 is 0.862 bits per heavy atom. The second-order valence-corrected chi connectivity index (χ2v) is 52.6. The lowest BCUT2D eigenvalue weighted by atomic mass is 9.86. The van der Waals surface area contributed by atoms with Gasteiger partial charge in [0.15, 0.2) is 63.6 Å². The van der Waals surface area contributed by atoms with E-state index in [-0.39, 0.29) is 101 Å². The molecule has 0 aromatic heterocycles. The van der Waals surface area contributed by atoms with Gasteiger partial charge in [-0.25, -0.2) is 8.78 Å². The van der Waals surface area contributed by atoms with E-state index in [4.69, 9.17) is 68.0 Å². The zero-order chi connectivity index (χ0) is 107. The Morgan fingerprint density at radius 2 is 0.493 bits per heavy atom. The van der Waals surface area contributed by atoms with Crippen molar-refractivity contribution in [1.82, 2.24) is 0 Å². The number of carbonyl (C=O) groups excluding carboxylic acids is 7. The van der Waals surface area contributed by atoms with Crippen LogP contribution in [0.3, 0.4) is 0 Å². The van der Waals surface area contributed by atoms with Gasteiger partial charge in [-0.05, 0) is 198 Å². The minimum Gasteiger partial charge on any atom is -0.494 e. The summed E-state index contributed by atoms with van der Waals surface area (Å²) in [5.74, 6) is 3.09. The number of carbonyl (C=O) groups is 7. The molecule has 0 amide bonds. The molecule has 7 aromatic carbocycles. The average molecular weight is 1980 g/mol. The zero-order valence-corrected chi connectivity index (χ0v) is 95.1. The second kappa shape index (κ2) is 53.6. The first-order valence-electron chi connectivity index (χ1n) is 48.6. The Hall–Kier alpha value is -8.44. The summed E-state index contributed by atoms with van der Waals surface area (Å²) in [5.41, 5.74) is 2.55. The third kappa shape index (κ3) is 52.3. The smallest absolute Gasteiger partial charge is 0.172 e. The first-order chi connectivity index (χ1) is 62.2. The van der Waals surface area contributed by atoms with E-state index in [1.54, 1.807) is 66.7 Å². The van der Waals surface area contributed by atoms with Crippen LogP contribution in [0.2, 0.25) is 15.1 Å². The van der Waals surface area contributed by atoms with E-state index in [2.05, 4.69) is 145 Å². The number of ketones is 7. The van der Waals surface area contributed by atoms with Gasteiger partial charge in [-0.1, -0.05) is 350 Å². The molecule has 0 radical (unpaired) electrons. The largest absolute Gasteiger partial charge is 0.494 e. The second-order valence-electron chi connectivity index (χ2n) is 51.4. The maximum atomic E-state index is 13.9. The van der Waals surface area contributed by atoms with Crippen LogP contribution < -0.4 is 33.2 Å². The van der Waals surface area contributed by atoms with E-state index in [9.17, 15) is 42.3 Å². The maximum absolute atomic E-state index is 13.9. The predicted octanol–water partition coefficient (Wildman–Crippen LogP) is 35.4. The number of benzene rings is 7. The summed E-state index contributed by atoms with van der Waals surface area (Å²) in [6.45, 7) is 88.9. The molecule has 0 N–H and O–H groups in total. The fourth-order valence-electron chi connectivity index (χ4n) is 11.6. The molecule has 138 heavy (non-hydrogen) atoms. The highest BCUT2D eigenvalue weighted by Crippen LogP contribution is 2.39. The Balaban J connectivity index is 0.000000805. The van der Waals surface area contributed by atoms with Crippen molar-refractivity contribution in [2.45, 2.75) is 336 Å². The van der Waals surface area contributed by atoms with Crippen molar-refractivity contribution in [3.8, 4) is 40.2 Å². The molecule has 0 bridgehead atoms. The molecular weight excluding hydrogens is 1800 g/mol. The van der Waals surface area contributed by atoms with E-state index in [1.807, 2.05) is 194 Å². The van der Waals surface area contributed by atoms with Crippen LogP contribution in [0.5, 0.6) is 40.2 Å². The Bertz CT molecular complexity index is 4830. The predicted molar refractivity (Wildman–Crippen MR) is 574 cm³/mol. The molecule has 0 spiro atoms. The van der Waals surface area contributed by atoms with Crippen LogP contribution in [0.25, 0.3) is 0 Å². The number of hydrogen-bond donors (Lipinski definition) is 0. The summed E-state index contributed by atoms with van der Waals surface area (Å²) in [4.78, 5) is 85.7. The number of ether oxygens (including phenoxy) is 7. The van der Waals surface area contributed by atoms with Crippen LogP contribution in [0.1, 0.15) is 408 Å². The van der Waals surface area contributed by atoms with Crippen molar-refractivity contribution in [3.05, 3.63) is 205 Å². The fourth-order valence-corrected chi connectivity index (χ4v) is 12.2. The van der Waals surface area contributed by atoms with Crippen LogP contribution in [-0.4, -0.2) is 86.7 Å².